The molecule has 0 saturated carbocycles. The van der Waals surface area contributed by atoms with Crippen molar-refractivity contribution in [2.75, 3.05) is 5.32 Å². The fourth-order valence-electron chi connectivity index (χ4n) is 3.57. The highest BCUT2D eigenvalue weighted by Gasteiger charge is 2.12. The SMILES string of the molecule is Cc1ccc(-c2nc(-c3cccnc3)c[nH]2)cc1NC(=O)c1ccc(OCc2ccccn2)cc1. The Hall–Kier alpha value is -4.78. The number of benzene rings is 2. The van der Waals surface area contributed by atoms with Gasteiger partial charge in [0.2, 0.25) is 0 Å². The molecule has 0 aliphatic heterocycles. The number of imidazole rings is 1. The van der Waals surface area contributed by atoms with E-state index < -0.39 is 0 Å². The summed E-state index contributed by atoms with van der Waals surface area (Å²) in [5.41, 5.74) is 5.68. The normalized spacial score (nSPS) is 10.7. The Morgan fingerprint density at radius 3 is 2.63 bits per heavy atom. The lowest BCUT2D eigenvalue weighted by molar-refractivity contribution is 0.102. The molecule has 172 valence electrons. The molecule has 0 saturated heterocycles. The molecule has 0 unspecified atom stereocenters. The number of hydrogen-bond donors (Lipinski definition) is 2. The number of pyridine rings is 2. The quantitative estimate of drug-likeness (QED) is 0.326. The van der Waals surface area contributed by atoms with Crippen molar-refractivity contribution < 1.29 is 9.53 Å². The van der Waals surface area contributed by atoms with E-state index in [0.29, 0.717) is 23.7 Å². The van der Waals surface area contributed by atoms with Gasteiger partial charge in [-0.05, 0) is 67.1 Å². The fourth-order valence-corrected chi connectivity index (χ4v) is 3.57. The zero-order valence-corrected chi connectivity index (χ0v) is 19.1. The van der Waals surface area contributed by atoms with Crippen LogP contribution in [-0.2, 0) is 6.61 Å². The number of amides is 1. The molecule has 0 spiro atoms. The van der Waals surface area contributed by atoms with E-state index in [2.05, 4.69) is 25.3 Å². The van der Waals surface area contributed by atoms with Crippen LogP contribution in [0.25, 0.3) is 22.6 Å². The highest BCUT2D eigenvalue weighted by molar-refractivity contribution is 6.05. The molecule has 3 heterocycles. The maximum atomic E-state index is 12.9. The molecule has 5 rings (SSSR count). The average Bonchev–Trinajstić information content (AvgIpc) is 3.41. The lowest BCUT2D eigenvalue weighted by Crippen LogP contribution is -2.12. The summed E-state index contributed by atoms with van der Waals surface area (Å²) in [7, 11) is 0. The summed E-state index contributed by atoms with van der Waals surface area (Å²) >= 11 is 0. The van der Waals surface area contributed by atoms with Crippen molar-refractivity contribution >= 4 is 11.6 Å². The Kier molecular flexibility index (Phi) is 6.30. The number of aryl methyl sites for hydroxylation is 1. The largest absolute Gasteiger partial charge is 0.487 e. The number of hydrogen-bond acceptors (Lipinski definition) is 5. The number of aromatic amines is 1. The van der Waals surface area contributed by atoms with Gasteiger partial charge in [0, 0.05) is 47.2 Å². The molecule has 0 aliphatic carbocycles. The number of anilines is 1. The summed E-state index contributed by atoms with van der Waals surface area (Å²) < 4.78 is 5.75. The van der Waals surface area contributed by atoms with E-state index in [1.165, 1.54) is 0 Å². The van der Waals surface area contributed by atoms with E-state index in [4.69, 9.17) is 4.74 Å². The van der Waals surface area contributed by atoms with Gasteiger partial charge >= 0.3 is 0 Å². The third-order valence-electron chi connectivity index (χ3n) is 5.52. The Morgan fingerprint density at radius 2 is 1.86 bits per heavy atom. The van der Waals surface area contributed by atoms with Gasteiger partial charge in [0.25, 0.3) is 5.91 Å². The van der Waals surface area contributed by atoms with Crippen molar-refractivity contribution in [2.45, 2.75) is 13.5 Å². The molecule has 2 aromatic carbocycles. The Morgan fingerprint density at radius 1 is 0.971 bits per heavy atom. The Balaban J connectivity index is 1.27. The lowest BCUT2D eigenvalue weighted by Gasteiger charge is -2.11. The summed E-state index contributed by atoms with van der Waals surface area (Å²) in [6.07, 6.45) is 7.08. The van der Waals surface area contributed by atoms with E-state index in [9.17, 15) is 4.79 Å². The third-order valence-corrected chi connectivity index (χ3v) is 5.52. The number of carbonyl (C=O) groups is 1. The summed E-state index contributed by atoms with van der Waals surface area (Å²) in [6, 6.07) is 22.4. The van der Waals surface area contributed by atoms with Crippen molar-refractivity contribution in [1.82, 2.24) is 19.9 Å². The molecular weight excluding hydrogens is 438 g/mol. The molecular formula is C28H23N5O2. The standard InChI is InChI=1S/C28H23N5O2/c1-19-7-8-21(27-31-17-26(32-27)22-5-4-13-29-16-22)15-25(19)33-28(34)20-9-11-24(12-10-20)35-18-23-6-2-3-14-30-23/h2-17H,18H2,1H3,(H,31,32)(H,33,34). The van der Waals surface area contributed by atoms with Gasteiger partial charge in [-0.3, -0.25) is 14.8 Å². The van der Waals surface area contributed by atoms with E-state index in [0.717, 1.165) is 33.8 Å². The van der Waals surface area contributed by atoms with Crippen LogP contribution in [0.3, 0.4) is 0 Å². The van der Waals surface area contributed by atoms with Crippen molar-refractivity contribution in [3.63, 3.8) is 0 Å². The predicted octanol–water partition coefficient (Wildman–Crippen LogP) is 5.67. The minimum Gasteiger partial charge on any atom is -0.487 e. The van der Waals surface area contributed by atoms with E-state index in [1.807, 2.05) is 61.7 Å². The molecule has 2 N–H and O–H groups in total. The molecule has 0 radical (unpaired) electrons. The number of nitrogens with zero attached hydrogens (tertiary/aromatic N) is 3. The van der Waals surface area contributed by atoms with Gasteiger partial charge in [-0.15, -0.1) is 0 Å². The van der Waals surface area contributed by atoms with Gasteiger partial charge in [0.05, 0.1) is 11.4 Å². The maximum absolute atomic E-state index is 12.9. The molecule has 7 nitrogen and oxygen atoms in total. The number of rotatable bonds is 7. The van der Waals surface area contributed by atoms with Gasteiger partial charge in [0.15, 0.2) is 0 Å². The molecule has 0 bridgehead atoms. The minimum absolute atomic E-state index is 0.197. The van der Waals surface area contributed by atoms with Gasteiger partial charge in [-0.1, -0.05) is 18.2 Å². The number of H-pyrrole nitrogens is 1. The number of aromatic nitrogens is 4. The topological polar surface area (TPSA) is 92.8 Å². The Labute approximate surface area is 202 Å². The minimum atomic E-state index is -0.197. The second-order valence-electron chi connectivity index (χ2n) is 7.99. The highest BCUT2D eigenvalue weighted by atomic mass is 16.5. The van der Waals surface area contributed by atoms with Gasteiger partial charge in [-0.2, -0.15) is 0 Å². The number of nitrogens with one attached hydrogen (secondary N) is 2. The number of carbonyl (C=O) groups excluding carboxylic acids is 1. The third kappa shape index (κ3) is 5.25. The van der Waals surface area contributed by atoms with Crippen molar-refractivity contribution in [3.05, 3.63) is 114 Å². The van der Waals surface area contributed by atoms with Crippen LogP contribution in [0.15, 0.2) is 97.6 Å². The van der Waals surface area contributed by atoms with Gasteiger partial charge in [0.1, 0.15) is 18.2 Å². The van der Waals surface area contributed by atoms with Crippen molar-refractivity contribution in [1.29, 1.82) is 0 Å². The smallest absolute Gasteiger partial charge is 0.255 e. The van der Waals surface area contributed by atoms with Crippen LogP contribution in [0, 0.1) is 6.92 Å². The van der Waals surface area contributed by atoms with Crippen LogP contribution in [-0.4, -0.2) is 25.8 Å². The van der Waals surface area contributed by atoms with Crippen LogP contribution < -0.4 is 10.1 Å². The van der Waals surface area contributed by atoms with Crippen LogP contribution in [0.4, 0.5) is 5.69 Å². The molecule has 0 atom stereocenters. The summed E-state index contributed by atoms with van der Waals surface area (Å²) in [5.74, 6) is 1.19. The Bertz CT molecular complexity index is 1430. The summed E-state index contributed by atoms with van der Waals surface area (Å²) in [6.45, 7) is 2.32. The summed E-state index contributed by atoms with van der Waals surface area (Å²) in [5, 5.41) is 3.01. The average molecular weight is 462 g/mol. The molecule has 0 fully saturated rings. The first kappa shape index (κ1) is 22.0. The zero-order chi connectivity index (χ0) is 24.0. The monoisotopic (exact) mass is 461 g/mol. The second kappa shape index (κ2) is 10.0. The molecule has 0 aliphatic rings. The predicted molar refractivity (Wildman–Crippen MR) is 135 cm³/mol. The van der Waals surface area contributed by atoms with Crippen LogP contribution in [0.5, 0.6) is 5.75 Å². The molecule has 3 aromatic heterocycles. The fraction of sp³-hybridized carbons (Fsp3) is 0.0714. The first-order valence-corrected chi connectivity index (χ1v) is 11.2. The first-order valence-electron chi connectivity index (χ1n) is 11.2. The van der Waals surface area contributed by atoms with Crippen LogP contribution >= 0.6 is 0 Å². The molecule has 35 heavy (non-hydrogen) atoms. The van der Waals surface area contributed by atoms with E-state index in [1.54, 1.807) is 42.9 Å². The van der Waals surface area contributed by atoms with Crippen LogP contribution in [0.1, 0.15) is 21.6 Å². The highest BCUT2D eigenvalue weighted by Crippen LogP contribution is 2.26. The maximum Gasteiger partial charge on any atom is 0.255 e. The lowest BCUT2D eigenvalue weighted by atomic mass is 10.1. The first-order chi connectivity index (χ1) is 17.2. The van der Waals surface area contributed by atoms with E-state index in [-0.39, 0.29) is 5.91 Å². The van der Waals surface area contributed by atoms with Crippen molar-refractivity contribution in [3.8, 4) is 28.4 Å². The van der Waals surface area contributed by atoms with Gasteiger partial charge < -0.3 is 15.0 Å². The van der Waals surface area contributed by atoms with Crippen molar-refractivity contribution in [2.24, 2.45) is 0 Å². The zero-order valence-electron chi connectivity index (χ0n) is 19.1. The molecule has 1 amide bonds. The molecule has 7 heteroatoms. The summed E-state index contributed by atoms with van der Waals surface area (Å²) in [4.78, 5) is 29.2. The number of ether oxygens (including phenoxy) is 1. The van der Waals surface area contributed by atoms with Gasteiger partial charge in [-0.25, -0.2) is 4.98 Å². The van der Waals surface area contributed by atoms with Crippen LogP contribution in [0.2, 0.25) is 0 Å². The second-order valence-corrected chi connectivity index (χ2v) is 7.99. The van der Waals surface area contributed by atoms with E-state index >= 15 is 0 Å². The molecule has 5 aromatic rings.